The van der Waals surface area contributed by atoms with Crippen molar-refractivity contribution in [3.63, 3.8) is 0 Å². The van der Waals surface area contributed by atoms with Gasteiger partial charge in [-0.3, -0.25) is 9.89 Å². The summed E-state index contributed by atoms with van der Waals surface area (Å²) in [7, 11) is 1.83. The summed E-state index contributed by atoms with van der Waals surface area (Å²) < 4.78 is 0. The Bertz CT molecular complexity index is 1010. The molecule has 8 heteroatoms. The molecule has 0 bridgehead atoms. The first kappa shape index (κ1) is 22.1. The van der Waals surface area contributed by atoms with Crippen molar-refractivity contribution in [2.75, 3.05) is 57.8 Å². The lowest BCUT2D eigenvalue weighted by Crippen LogP contribution is -2.47. The highest BCUT2D eigenvalue weighted by Gasteiger charge is 2.18. The summed E-state index contributed by atoms with van der Waals surface area (Å²) in [6, 6.07) is 8.43. The van der Waals surface area contributed by atoms with E-state index in [0.29, 0.717) is 0 Å². The summed E-state index contributed by atoms with van der Waals surface area (Å²) in [4.78, 5) is 21.2. The maximum Gasteiger partial charge on any atom is 0.225 e. The third kappa shape index (κ3) is 5.76. The van der Waals surface area contributed by atoms with Crippen molar-refractivity contribution in [3.05, 3.63) is 54.0 Å². The monoisotopic (exact) mass is 434 g/mol. The normalized spacial score (nSPS) is 15.3. The largest absolute Gasteiger partial charge is 0.361 e. The summed E-state index contributed by atoms with van der Waals surface area (Å²) >= 11 is 0. The summed E-state index contributed by atoms with van der Waals surface area (Å²) in [5.74, 6) is 1.71. The van der Waals surface area contributed by atoms with Crippen molar-refractivity contribution < 1.29 is 0 Å². The first-order valence-electron chi connectivity index (χ1n) is 11.5. The maximum absolute atomic E-state index is 4.36. The molecular formula is C24H34N8. The van der Waals surface area contributed by atoms with Crippen LogP contribution in [0.4, 0.5) is 5.95 Å². The fourth-order valence-electron chi connectivity index (χ4n) is 4.18. The molecule has 1 aromatic carbocycles. The standard InChI is InChI=1S/C24H34N8/c1-19-5-6-21-20(18-30-22(21)17-19)7-11-27-23(25-2)26-10-4-12-31-13-15-32(16-14-31)24-28-8-3-9-29-24/h3,5-6,8-9,17-18,30H,4,7,10-16H2,1-2H3,(H2,25,26,27). The summed E-state index contributed by atoms with van der Waals surface area (Å²) in [5.41, 5.74) is 3.82. The van der Waals surface area contributed by atoms with Gasteiger partial charge >= 0.3 is 0 Å². The lowest BCUT2D eigenvalue weighted by atomic mass is 10.1. The minimum atomic E-state index is 0.839. The number of hydrogen-bond donors (Lipinski definition) is 3. The molecule has 0 atom stereocenters. The van der Waals surface area contributed by atoms with Crippen molar-refractivity contribution in [3.8, 4) is 0 Å². The van der Waals surface area contributed by atoms with Crippen LogP contribution in [0.2, 0.25) is 0 Å². The quantitative estimate of drug-likeness (QED) is 0.286. The predicted molar refractivity (Wildman–Crippen MR) is 131 cm³/mol. The fraction of sp³-hybridized carbons (Fsp3) is 0.458. The van der Waals surface area contributed by atoms with E-state index < -0.39 is 0 Å². The zero-order chi connectivity index (χ0) is 22.2. The Labute approximate surface area is 190 Å². The second kappa shape index (κ2) is 10.9. The number of fused-ring (bicyclic) bond motifs is 1. The lowest BCUT2D eigenvalue weighted by Gasteiger charge is -2.34. The molecule has 0 radical (unpaired) electrons. The van der Waals surface area contributed by atoms with Crippen molar-refractivity contribution in [1.29, 1.82) is 0 Å². The van der Waals surface area contributed by atoms with E-state index in [1.807, 2.05) is 25.5 Å². The van der Waals surface area contributed by atoms with E-state index in [9.17, 15) is 0 Å². The molecule has 2 aromatic heterocycles. The number of benzene rings is 1. The predicted octanol–water partition coefficient (Wildman–Crippen LogP) is 2.19. The number of aromatic amines is 1. The van der Waals surface area contributed by atoms with E-state index in [-0.39, 0.29) is 0 Å². The van der Waals surface area contributed by atoms with Gasteiger partial charge in [0.15, 0.2) is 5.96 Å². The van der Waals surface area contributed by atoms with Crippen LogP contribution in [0.3, 0.4) is 0 Å². The van der Waals surface area contributed by atoms with Crippen LogP contribution in [0.5, 0.6) is 0 Å². The molecule has 1 fully saturated rings. The van der Waals surface area contributed by atoms with Crippen LogP contribution >= 0.6 is 0 Å². The van der Waals surface area contributed by atoms with Crippen LogP contribution in [0.1, 0.15) is 17.5 Å². The second-order valence-corrected chi connectivity index (χ2v) is 8.27. The summed E-state index contributed by atoms with van der Waals surface area (Å²) in [6.07, 6.45) is 7.78. The number of H-pyrrole nitrogens is 1. The molecule has 8 nitrogen and oxygen atoms in total. The van der Waals surface area contributed by atoms with Crippen LogP contribution in [-0.2, 0) is 6.42 Å². The van der Waals surface area contributed by atoms with E-state index in [2.05, 4.69) is 71.7 Å². The van der Waals surface area contributed by atoms with E-state index in [1.54, 1.807) is 0 Å². The van der Waals surface area contributed by atoms with Gasteiger partial charge in [0.2, 0.25) is 5.95 Å². The first-order valence-corrected chi connectivity index (χ1v) is 11.5. The van der Waals surface area contributed by atoms with E-state index in [4.69, 9.17) is 0 Å². The zero-order valence-electron chi connectivity index (χ0n) is 19.1. The van der Waals surface area contributed by atoms with E-state index in [1.165, 1.54) is 22.0 Å². The minimum absolute atomic E-state index is 0.839. The van der Waals surface area contributed by atoms with Crippen molar-refractivity contribution in [2.24, 2.45) is 4.99 Å². The van der Waals surface area contributed by atoms with Crippen molar-refractivity contribution in [1.82, 2.24) is 30.5 Å². The van der Waals surface area contributed by atoms with Crippen LogP contribution in [0, 0.1) is 6.92 Å². The third-order valence-electron chi connectivity index (χ3n) is 5.98. The van der Waals surface area contributed by atoms with Crippen LogP contribution in [0.15, 0.2) is 47.8 Å². The van der Waals surface area contributed by atoms with Gasteiger partial charge in [0.05, 0.1) is 0 Å². The molecule has 0 spiro atoms. The lowest BCUT2D eigenvalue weighted by molar-refractivity contribution is 0.254. The summed E-state index contributed by atoms with van der Waals surface area (Å²) in [6.45, 7) is 9.03. The SMILES string of the molecule is CN=C(NCCCN1CCN(c2ncccn2)CC1)NCCc1c[nH]c2cc(C)ccc12. The van der Waals surface area contributed by atoms with E-state index >= 15 is 0 Å². The van der Waals surface area contributed by atoms with Gasteiger partial charge in [0, 0.05) is 75.8 Å². The van der Waals surface area contributed by atoms with Crippen molar-refractivity contribution >= 4 is 22.8 Å². The number of anilines is 1. The number of hydrogen-bond acceptors (Lipinski definition) is 5. The smallest absolute Gasteiger partial charge is 0.225 e. The Morgan fingerprint density at radius 2 is 1.88 bits per heavy atom. The Morgan fingerprint density at radius 3 is 2.66 bits per heavy atom. The van der Waals surface area contributed by atoms with Crippen LogP contribution < -0.4 is 15.5 Å². The van der Waals surface area contributed by atoms with Gasteiger partial charge < -0.3 is 20.5 Å². The molecule has 0 saturated carbocycles. The number of guanidine groups is 1. The number of aryl methyl sites for hydroxylation is 1. The highest BCUT2D eigenvalue weighted by Crippen LogP contribution is 2.19. The number of aliphatic imine (C=N–C) groups is 1. The Kier molecular flexibility index (Phi) is 7.55. The maximum atomic E-state index is 4.36. The number of rotatable bonds is 8. The van der Waals surface area contributed by atoms with Crippen LogP contribution in [-0.4, -0.2) is 78.7 Å². The molecule has 3 N–H and O–H groups in total. The molecule has 3 heterocycles. The fourth-order valence-corrected chi connectivity index (χ4v) is 4.18. The average Bonchev–Trinajstić information content (AvgIpc) is 3.23. The molecule has 1 saturated heterocycles. The molecule has 3 aromatic rings. The van der Waals surface area contributed by atoms with Gasteiger partial charge in [0.25, 0.3) is 0 Å². The Morgan fingerprint density at radius 1 is 1.09 bits per heavy atom. The topological polar surface area (TPSA) is 84.5 Å². The minimum Gasteiger partial charge on any atom is -0.361 e. The molecular weight excluding hydrogens is 400 g/mol. The number of nitrogens with one attached hydrogen (secondary N) is 3. The van der Waals surface area contributed by atoms with Gasteiger partial charge in [-0.2, -0.15) is 0 Å². The number of nitrogens with zero attached hydrogens (tertiary/aromatic N) is 5. The van der Waals surface area contributed by atoms with Crippen LogP contribution in [0.25, 0.3) is 10.9 Å². The Hall–Kier alpha value is -3.13. The Balaban J connectivity index is 1.12. The van der Waals surface area contributed by atoms with Gasteiger partial charge in [-0.1, -0.05) is 12.1 Å². The number of piperazine rings is 1. The first-order chi connectivity index (χ1) is 15.7. The zero-order valence-corrected chi connectivity index (χ0v) is 19.1. The van der Waals surface area contributed by atoms with Gasteiger partial charge in [-0.05, 0) is 49.6 Å². The van der Waals surface area contributed by atoms with Gasteiger partial charge in [-0.25, -0.2) is 9.97 Å². The van der Waals surface area contributed by atoms with Gasteiger partial charge in [-0.15, -0.1) is 0 Å². The molecule has 0 aliphatic carbocycles. The molecule has 32 heavy (non-hydrogen) atoms. The average molecular weight is 435 g/mol. The molecule has 4 rings (SSSR count). The van der Waals surface area contributed by atoms with E-state index in [0.717, 1.165) is 70.6 Å². The van der Waals surface area contributed by atoms with Crippen molar-refractivity contribution in [2.45, 2.75) is 19.8 Å². The molecule has 1 aliphatic heterocycles. The molecule has 1 aliphatic rings. The second-order valence-electron chi connectivity index (χ2n) is 8.27. The number of aromatic nitrogens is 3. The highest BCUT2D eigenvalue weighted by atomic mass is 15.3. The molecule has 170 valence electrons. The molecule has 0 unspecified atom stereocenters. The highest BCUT2D eigenvalue weighted by molar-refractivity contribution is 5.84. The third-order valence-corrected chi connectivity index (χ3v) is 5.98. The van der Waals surface area contributed by atoms with Gasteiger partial charge in [0.1, 0.15) is 0 Å². The molecule has 0 amide bonds. The summed E-state index contributed by atoms with van der Waals surface area (Å²) in [5, 5.41) is 8.18.